The van der Waals surface area contributed by atoms with Crippen molar-refractivity contribution >= 4 is 27.3 Å². The molecule has 0 aliphatic carbocycles. The Morgan fingerprint density at radius 1 is 0.969 bits per heavy atom. The maximum absolute atomic E-state index is 12.7. The zero-order valence-electron chi connectivity index (χ0n) is 17.6. The minimum atomic E-state index is -3.78. The summed E-state index contributed by atoms with van der Waals surface area (Å²) >= 11 is 5.96. The number of benzene rings is 2. The molecule has 0 fully saturated rings. The van der Waals surface area contributed by atoms with Crippen LogP contribution in [0.3, 0.4) is 0 Å². The van der Waals surface area contributed by atoms with E-state index in [-0.39, 0.29) is 4.90 Å². The number of nitrogens with one attached hydrogen (secondary N) is 1. The quantitative estimate of drug-likeness (QED) is 0.434. The first kappa shape index (κ1) is 21.8. The molecule has 0 saturated carbocycles. The molecule has 2 heterocycles. The van der Waals surface area contributed by atoms with Gasteiger partial charge in [-0.1, -0.05) is 17.7 Å². The number of aryl methyl sites for hydroxylation is 3. The molecular formula is C22H20ClN5O3S. The number of anilines is 1. The van der Waals surface area contributed by atoms with Crippen molar-refractivity contribution in [2.75, 3.05) is 4.72 Å². The van der Waals surface area contributed by atoms with Crippen molar-refractivity contribution in [3.05, 3.63) is 82.9 Å². The summed E-state index contributed by atoms with van der Waals surface area (Å²) in [5, 5.41) is 4.76. The zero-order valence-corrected chi connectivity index (χ0v) is 19.1. The van der Waals surface area contributed by atoms with Gasteiger partial charge in [0.1, 0.15) is 12.1 Å². The standard InChI is InChI=1S/C22H20ClN5O3S/c1-14-4-5-17(23)11-20(14)32(29,30)27-18-6-8-19(9-7-18)31-22-12-21(24-13-25-22)28-16(3)10-15(2)26-28/h4-13,27H,1-3H3. The second-order valence-corrected chi connectivity index (χ2v) is 9.28. The van der Waals surface area contributed by atoms with E-state index in [9.17, 15) is 8.42 Å². The number of hydrogen-bond acceptors (Lipinski definition) is 6. The molecule has 0 aliphatic rings. The molecule has 0 saturated heterocycles. The molecular weight excluding hydrogens is 450 g/mol. The molecule has 0 atom stereocenters. The van der Waals surface area contributed by atoms with Crippen LogP contribution >= 0.6 is 11.6 Å². The van der Waals surface area contributed by atoms with Crippen molar-refractivity contribution in [2.24, 2.45) is 0 Å². The van der Waals surface area contributed by atoms with E-state index in [1.54, 1.807) is 54.1 Å². The molecule has 2 aromatic carbocycles. The average molecular weight is 470 g/mol. The van der Waals surface area contributed by atoms with Crippen LogP contribution in [0.25, 0.3) is 5.82 Å². The Labute approximate surface area is 190 Å². The lowest BCUT2D eigenvalue weighted by atomic mass is 10.2. The van der Waals surface area contributed by atoms with Gasteiger partial charge >= 0.3 is 0 Å². The Bertz CT molecular complexity index is 1390. The molecule has 1 N–H and O–H groups in total. The molecule has 2 aromatic heterocycles. The van der Waals surface area contributed by atoms with Gasteiger partial charge in [-0.15, -0.1) is 0 Å². The summed E-state index contributed by atoms with van der Waals surface area (Å²) in [6.45, 7) is 5.56. The Hall–Kier alpha value is -3.43. The highest BCUT2D eigenvalue weighted by atomic mass is 35.5. The smallest absolute Gasteiger partial charge is 0.262 e. The highest BCUT2D eigenvalue weighted by molar-refractivity contribution is 7.92. The molecule has 164 valence electrons. The number of halogens is 1. The van der Waals surface area contributed by atoms with Gasteiger partial charge in [0.25, 0.3) is 10.0 Å². The zero-order chi connectivity index (χ0) is 22.9. The molecule has 0 unspecified atom stereocenters. The highest BCUT2D eigenvalue weighted by Gasteiger charge is 2.17. The first-order valence-corrected chi connectivity index (χ1v) is 11.5. The van der Waals surface area contributed by atoms with Crippen LogP contribution in [0.5, 0.6) is 11.6 Å². The number of aromatic nitrogens is 4. The molecule has 0 radical (unpaired) electrons. The summed E-state index contributed by atoms with van der Waals surface area (Å²) < 4.78 is 35.5. The van der Waals surface area contributed by atoms with Gasteiger partial charge in [-0.25, -0.2) is 23.1 Å². The predicted octanol–water partition coefficient (Wildman–Crippen LogP) is 4.83. The number of sulfonamides is 1. The maximum Gasteiger partial charge on any atom is 0.262 e. The minimum absolute atomic E-state index is 0.128. The van der Waals surface area contributed by atoms with Crippen molar-refractivity contribution in [3.8, 4) is 17.4 Å². The fourth-order valence-electron chi connectivity index (χ4n) is 3.15. The lowest BCUT2D eigenvalue weighted by Gasteiger charge is -2.11. The van der Waals surface area contributed by atoms with Crippen molar-refractivity contribution in [1.29, 1.82) is 0 Å². The maximum atomic E-state index is 12.7. The largest absolute Gasteiger partial charge is 0.439 e. The van der Waals surface area contributed by atoms with Crippen LogP contribution in [0.2, 0.25) is 5.02 Å². The Morgan fingerprint density at radius 2 is 1.72 bits per heavy atom. The number of rotatable bonds is 6. The van der Waals surface area contributed by atoms with Crippen LogP contribution < -0.4 is 9.46 Å². The van der Waals surface area contributed by atoms with Crippen LogP contribution in [-0.4, -0.2) is 28.2 Å². The van der Waals surface area contributed by atoms with Crippen molar-refractivity contribution in [1.82, 2.24) is 19.7 Å². The van der Waals surface area contributed by atoms with Crippen molar-refractivity contribution in [3.63, 3.8) is 0 Å². The van der Waals surface area contributed by atoms with Crippen molar-refractivity contribution < 1.29 is 13.2 Å². The predicted molar refractivity (Wildman–Crippen MR) is 122 cm³/mol. The van der Waals surface area contributed by atoms with E-state index in [0.717, 1.165) is 11.4 Å². The second-order valence-electron chi connectivity index (χ2n) is 7.20. The third-order valence-electron chi connectivity index (χ3n) is 4.62. The van der Waals surface area contributed by atoms with Gasteiger partial charge in [0, 0.05) is 22.5 Å². The summed E-state index contributed by atoms with van der Waals surface area (Å²) in [6, 6.07) is 14.9. The van der Waals surface area contributed by atoms with Crippen LogP contribution in [0, 0.1) is 20.8 Å². The molecule has 0 spiro atoms. The SMILES string of the molecule is Cc1cc(C)n(-c2cc(Oc3ccc(NS(=O)(=O)c4cc(Cl)ccc4C)cc3)ncn2)n1. The lowest BCUT2D eigenvalue weighted by Crippen LogP contribution is -2.14. The van der Waals surface area contributed by atoms with Crippen LogP contribution in [0.1, 0.15) is 17.0 Å². The second kappa shape index (κ2) is 8.60. The van der Waals surface area contributed by atoms with Crippen LogP contribution in [0.15, 0.2) is 65.8 Å². The van der Waals surface area contributed by atoms with E-state index in [1.165, 1.54) is 12.4 Å². The highest BCUT2D eigenvalue weighted by Crippen LogP contribution is 2.26. The summed E-state index contributed by atoms with van der Waals surface area (Å²) in [5.41, 5.74) is 2.82. The molecule has 0 aliphatic heterocycles. The number of hydrogen-bond donors (Lipinski definition) is 1. The first-order chi connectivity index (χ1) is 15.2. The van der Waals surface area contributed by atoms with Gasteiger partial charge in [-0.3, -0.25) is 4.72 Å². The van der Waals surface area contributed by atoms with E-state index in [1.807, 2.05) is 19.9 Å². The Kier molecular flexibility index (Phi) is 5.86. The Balaban J connectivity index is 1.51. The van der Waals surface area contributed by atoms with Gasteiger partial charge in [-0.2, -0.15) is 5.10 Å². The monoisotopic (exact) mass is 469 g/mol. The lowest BCUT2D eigenvalue weighted by molar-refractivity contribution is 0.460. The average Bonchev–Trinajstić information content (AvgIpc) is 3.09. The van der Waals surface area contributed by atoms with Gasteiger partial charge in [0.2, 0.25) is 5.88 Å². The van der Waals surface area contributed by atoms with Gasteiger partial charge in [0.05, 0.1) is 10.6 Å². The molecule has 4 aromatic rings. The number of ether oxygens (including phenoxy) is 1. The molecule has 32 heavy (non-hydrogen) atoms. The third kappa shape index (κ3) is 4.74. The van der Waals surface area contributed by atoms with Gasteiger partial charge in [-0.05, 0) is 68.8 Å². The minimum Gasteiger partial charge on any atom is -0.439 e. The molecule has 0 amide bonds. The van der Waals surface area contributed by atoms with Gasteiger partial charge < -0.3 is 4.74 Å². The first-order valence-electron chi connectivity index (χ1n) is 9.64. The van der Waals surface area contributed by atoms with Gasteiger partial charge in [0.15, 0.2) is 5.82 Å². The van der Waals surface area contributed by atoms with E-state index in [4.69, 9.17) is 16.3 Å². The molecule has 4 rings (SSSR count). The molecule has 10 heteroatoms. The fourth-order valence-corrected chi connectivity index (χ4v) is 4.71. The summed E-state index contributed by atoms with van der Waals surface area (Å²) in [7, 11) is -3.78. The number of nitrogens with zero attached hydrogens (tertiary/aromatic N) is 4. The van der Waals surface area contributed by atoms with E-state index in [0.29, 0.717) is 33.7 Å². The van der Waals surface area contributed by atoms with E-state index >= 15 is 0 Å². The molecule has 8 nitrogen and oxygen atoms in total. The fraction of sp³-hybridized carbons (Fsp3) is 0.136. The van der Waals surface area contributed by atoms with E-state index < -0.39 is 10.0 Å². The third-order valence-corrected chi connectivity index (χ3v) is 6.38. The summed E-state index contributed by atoms with van der Waals surface area (Å²) in [4.78, 5) is 8.51. The van der Waals surface area contributed by atoms with Crippen LogP contribution in [0.4, 0.5) is 5.69 Å². The summed E-state index contributed by atoms with van der Waals surface area (Å²) in [6.07, 6.45) is 1.40. The molecule has 0 bridgehead atoms. The Morgan fingerprint density at radius 3 is 2.41 bits per heavy atom. The topological polar surface area (TPSA) is 99.0 Å². The van der Waals surface area contributed by atoms with Crippen molar-refractivity contribution in [2.45, 2.75) is 25.7 Å². The normalized spacial score (nSPS) is 11.4. The van der Waals surface area contributed by atoms with E-state index in [2.05, 4.69) is 19.8 Å². The summed E-state index contributed by atoms with van der Waals surface area (Å²) in [5.74, 6) is 1.41. The van der Waals surface area contributed by atoms with Crippen LogP contribution in [-0.2, 0) is 10.0 Å².